The molecule has 5 rings (SSSR count). The molecule has 188 valence electrons. The molecule has 2 N–H and O–H groups in total. The number of aromatic nitrogens is 4. The molecule has 0 spiro atoms. The van der Waals surface area contributed by atoms with Crippen LogP contribution < -0.4 is 16.6 Å². The van der Waals surface area contributed by atoms with Gasteiger partial charge >= 0.3 is 5.69 Å². The Bertz CT molecular complexity index is 1420. The molecule has 2 amide bonds. The van der Waals surface area contributed by atoms with E-state index in [1.54, 1.807) is 35.4 Å². The van der Waals surface area contributed by atoms with E-state index in [0.29, 0.717) is 38.3 Å². The van der Waals surface area contributed by atoms with Crippen LogP contribution in [0.2, 0.25) is 0 Å². The number of pyridine rings is 2. The van der Waals surface area contributed by atoms with Crippen LogP contribution in [0.4, 0.5) is 5.82 Å². The van der Waals surface area contributed by atoms with E-state index in [1.165, 1.54) is 4.57 Å². The van der Waals surface area contributed by atoms with Gasteiger partial charge in [-0.05, 0) is 49.8 Å². The lowest BCUT2D eigenvalue weighted by Crippen LogP contribution is -2.42. The molecular formula is C26H30N6O4. The number of hydrogen-bond donors (Lipinski definition) is 2. The quantitative estimate of drug-likeness (QED) is 0.546. The van der Waals surface area contributed by atoms with Crippen molar-refractivity contribution in [1.82, 2.24) is 24.4 Å². The van der Waals surface area contributed by atoms with E-state index in [4.69, 9.17) is 0 Å². The Balaban J connectivity index is 1.42. The Labute approximate surface area is 207 Å². The summed E-state index contributed by atoms with van der Waals surface area (Å²) >= 11 is 0. The highest BCUT2D eigenvalue weighted by Gasteiger charge is 2.32. The summed E-state index contributed by atoms with van der Waals surface area (Å²) in [4.78, 5) is 64.8. The Morgan fingerprint density at radius 3 is 2.53 bits per heavy atom. The summed E-state index contributed by atoms with van der Waals surface area (Å²) in [6.07, 6.45) is 4.59. The number of aromatic amines is 1. The van der Waals surface area contributed by atoms with Gasteiger partial charge in [-0.1, -0.05) is 19.9 Å². The van der Waals surface area contributed by atoms with Gasteiger partial charge in [0.2, 0.25) is 5.91 Å². The van der Waals surface area contributed by atoms with Crippen molar-refractivity contribution in [3.63, 3.8) is 0 Å². The van der Waals surface area contributed by atoms with Crippen molar-refractivity contribution in [2.24, 2.45) is 11.8 Å². The first kappa shape index (κ1) is 23.9. The van der Waals surface area contributed by atoms with Gasteiger partial charge < -0.3 is 10.2 Å². The molecule has 0 bridgehead atoms. The Hall–Kier alpha value is -3.82. The van der Waals surface area contributed by atoms with Gasteiger partial charge in [0, 0.05) is 43.4 Å². The van der Waals surface area contributed by atoms with Crippen molar-refractivity contribution in [1.29, 1.82) is 0 Å². The number of rotatable bonds is 6. The third-order valence-corrected chi connectivity index (χ3v) is 6.81. The van der Waals surface area contributed by atoms with E-state index in [2.05, 4.69) is 20.3 Å². The minimum Gasteiger partial charge on any atom is -0.339 e. The molecule has 2 aliphatic rings. The fraction of sp³-hybridized carbons (Fsp3) is 0.462. The fourth-order valence-electron chi connectivity index (χ4n) is 4.76. The predicted octanol–water partition coefficient (Wildman–Crippen LogP) is 2.50. The first-order valence-electron chi connectivity index (χ1n) is 12.5. The zero-order valence-corrected chi connectivity index (χ0v) is 20.5. The van der Waals surface area contributed by atoms with Gasteiger partial charge in [0.25, 0.3) is 11.5 Å². The van der Waals surface area contributed by atoms with Gasteiger partial charge in [-0.25, -0.2) is 14.8 Å². The molecule has 10 heteroatoms. The van der Waals surface area contributed by atoms with Crippen LogP contribution in [-0.4, -0.2) is 49.3 Å². The maximum absolute atomic E-state index is 13.7. The minimum atomic E-state index is -0.599. The second kappa shape index (κ2) is 9.67. The zero-order chi connectivity index (χ0) is 25.4. The number of piperidine rings is 1. The van der Waals surface area contributed by atoms with Gasteiger partial charge in [0.15, 0.2) is 5.65 Å². The van der Waals surface area contributed by atoms with E-state index < -0.39 is 11.2 Å². The SMILES string of the molecule is CC(C)Cn1c(=O)[nH]c(=O)c2c(C(=O)N3CCC(C(=O)Nc4ccccn4)CC3)cc(C3CC3)nc21. The highest BCUT2D eigenvalue weighted by atomic mass is 16.2. The average Bonchev–Trinajstić information content (AvgIpc) is 3.71. The summed E-state index contributed by atoms with van der Waals surface area (Å²) < 4.78 is 1.47. The summed E-state index contributed by atoms with van der Waals surface area (Å²) in [5, 5.41) is 2.99. The van der Waals surface area contributed by atoms with E-state index in [-0.39, 0.29) is 46.2 Å². The number of amides is 2. The van der Waals surface area contributed by atoms with Crippen LogP contribution in [-0.2, 0) is 11.3 Å². The van der Waals surface area contributed by atoms with E-state index in [1.807, 2.05) is 13.8 Å². The second-order valence-electron chi connectivity index (χ2n) is 10.1. The number of carbonyl (C=O) groups is 2. The van der Waals surface area contributed by atoms with Gasteiger partial charge in [0.1, 0.15) is 5.82 Å². The molecule has 36 heavy (non-hydrogen) atoms. The summed E-state index contributed by atoms with van der Waals surface area (Å²) in [5.74, 6) is 0.284. The molecule has 1 saturated heterocycles. The van der Waals surface area contributed by atoms with Gasteiger partial charge in [-0.3, -0.25) is 23.9 Å². The largest absolute Gasteiger partial charge is 0.339 e. The van der Waals surface area contributed by atoms with Crippen LogP contribution in [0, 0.1) is 11.8 Å². The van der Waals surface area contributed by atoms with Crippen LogP contribution in [0.3, 0.4) is 0 Å². The maximum Gasteiger partial charge on any atom is 0.330 e. The highest BCUT2D eigenvalue weighted by Crippen LogP contribution is 2.40. The molecule has 2 fully saturated rings. The first-order chi connectivity index (χ1) is 17.3. The van der Waals surface area contributed by atoms with Crippen LogP contribution in [0.25, 0.3) is 11.0 Å². The molecule has 0 unspecified atom stereocenters. The first-order valence-corrected chi connectivity index (χ1v) is 12.5. The minimum absolute atomic E-state index is 0.111. The molecular weight excluding hydrogens is 460 g/mol. The van der Waals surface area contributed by atoms with Gasteiger partial charge in [-0.2, -0.15) is 0 Å². The van der Waals surface area contributed by atoms with Crippen LogP contribution >= 0.6 is 0 Å². The standard InChI is InChI=1S/C26H30N6O4/c1-15(2)14-32-22-21(24(34)30-26(32)36)18(13-19(28-22)16-6-7-16)25(35)31-11-8-17(9-12-31)23(33)29-20-5-3-4-10-27-20/h3-5,10,13,15-17H,6-9,11-12,14H2,1-2H3,(H,27,29,33)(H,30,34,36). The third kappa shape index (κ3) is 4.80. The van der Waals surface area contributed by atoms with Gasteiger partial charge in [-0.15, -0.1) is 0 Å². The van der Waals surface area contributed by atoms with Crippen LogP contribution in [0.15, 0.2) is 40.1 Å². The number of nitrogens with zero attached hydrogens (tertiary/aromatic N) is 4. The molecule has 10 nitrogen and oxygen atoms in total. The van der Waals surface area contributed by atoms with Crippen LogP contribution in [0.1, 0.15) is 61.5 Å². The monoisotopic (exact) mass is 490 g/mol. The molecule has 1 aliphatic heterocycles. The molecule has 0 aromatic carbocycles. The summed E-state index contributed by atoms with van der Waals surface area (Å²) in [5.41, 5.74) is 0.183. The number of fused-ring (bicyclic) bond motifs is 1. The smallest absolute Gasteiger partial charge is 0.330 e. The van der Waals surface area contributed by atoms with Crippen molar-refractivity contribution in [2.45, 2.75) is 52.0 Å². The van der Waals surface area contributed by atoms with Crippen molar-refractivity contribution in [2.75, 3.05) is 18.4 Å². The van der Waals surface area contributed by atoms with E-state index in [0.717, 1.165) is 18.5 Å². The van der Waals surface area contributed by atoms with Crippen molar-refractivity contribution in [3.8, 4) is 0 Å². The zero-order valence-electron chi connectivity index (χ0n) is 20.5. The lowest BCUT2D eigenvalue weighted by molar-refractivity contribution is -0.121. The van der Waals surface area contributed by atoms with E-state index in [9.17, 15) is 19.2 Å². The Kier molecular flexibility index (Phi) is 6.42. The number of carbonyl (C=O) groups excluding carboxylic acids is 2. The number of likely N-dealkylation sites (tertiary alicyclic amines) is 1. The summed E-state index contributed by atoms with van der Waals surface area (Å²) in [7, 11) is 0. The molecule has 0 atom stereocenters. The number of nitrogens with one attached hydrogen (secondary N) is 2. The highest BCUT2D eigenvalue weighted by molar-refractivity contribution is 6.05. The van der Waals surface area contributed by atoms with E-state index >= 15 is 0 Å². The molecule has 0 radical (unpaired) electrons. The molecule has 3 aromatic heterocycles. The summed E-state index contributed by atoms with van der Waals surface area (Å²) in [6.45, 7) is 5.14. The second-order valence-corrected chi connectivity index (χ2v) is 10.1. The predicted molar refractivity (Wildman–Crippen MR) is 135 cm³/mol. The van der Waals surface area contributed by atoms with Crippen molar-refractivity contribution < 1.29 is 9.59 Å². The topological polar surface area (TPSA) is 130 Å². The summed E-state index contributed by atoms with van der Waals surface area (Å²) in [6, 6.07) is 7.05. The number of H-pyrrole nitrogens is 1. The van der Waals surface area contributed by atoms with Gasteiger partial charge in [0.05, 0.1) is 10.9 Å². The Morgan fingerprint density at radius 2 is 1.89 bits per heavy atom. The molecule has 3 aromatic rings. The lowest BCUT2D eigenvalue weighted by atomic mass is 9.95. The molecule has 1 saturated carbocycles. The normalized spacial score (nSPS) is 16.5. The van der Waals surface area contributed by atoms with Crippen molar-refractivity contribution in [3.05, 3.63) is 62.6 Å². The molecule has 1 aliphatic carbocycles. The maximum atomic E-state index is 13.7. The fourth-order valence-corrected chi connectivity index (χ4v) is 4.76. The number of anilines is 1. The Morgan fingerprint density at radius 1 is 1.14 bits per heavy atom. The number of hydrogen-bond acceptors (Lipinski definition) is 6. The lowest BCUT2D eigenvalue weighted by Gasteiger charge is -2.31. The molecule has 4 heterocycles. The van der Waals surface area contributed by atoms with Crippen LogP contribution in [0.5, 0.6) is 0 Å². The average molecular weight is 491 g/mol. The third-order valence-electron chi connectivity index (χ3n) is 6.81. The van der Waals surface area contributed by atoms with Crippen molar-refractivity contribution >= 4 is 28.7 Å².